The molecule has 1 aromatic carbocycles. The van der Waals surface area contributed by atoms with Crippen molar-refractivity contribution in [2.24, 2.45) is 0 Å². The SMILES string of the molecule is CC.Cc1c(C#N)ccc(OCC(=O)Nc2ccc(Cl)cn2)c1C#N. The molecule has 0 unspecified atom stereocenters. The Morgan fingerprint density at radius 2 is 1.96 bits per heavy atom. The molecule has 1 amide bonds. The third-order valence-electron chi connectivity index (χ3n) is 3.01. The van der Waals surface area contributed by atoms with Crippen molar-refractivity contribution in [2.45, 2.75) is 20.8 Å². The summed E-state index contributed by atoms with van der Waals surface area (Å²) in [5, 5.41) is 21.1. The van der Waals surface area contributed by atoms with E-state index >= 15 is 0 Å². The van der Waals surface area contributed by atoms with E-state index in [1.807, 2.05) is 26.0 Å². The number of carbonyl (C=O) groups excluding carboxylic acids is 1. The maximum absolute atomic E-state index is 11.8. The molecule has 128 valence electrons. The van der Waals surface area contributed by atoms with Crippen LogP contribution in [-0.4, -0.2) is 17.5 Å². The van der Waals surface area contributed by atoms with Gasteiger partial charge < -0.3 is 10.1 Å². The van der Waals surface area contributed by atoms with Gasteiger partial charge in [-0.15, -0.1) is 0 Å². The molecule has 0 bridgehead atoms. The number of hydrogen-bond donors (Lipinski definition) is 1. The highest BCUT2D eigenvalue weighted by Gasteiger charge is 2.12. The van der Waals surface area contributed by atoms with Crippen LogP contribution in [0.15, 0.2) is 30.5 Å². The zero-order valence-corrected chi connectivity index (χ0v) is 14.9. The summed E-state index contributed by atoms with van der Waals surface area (Å²) in [6, 6.07) is 10.2. The lowest BCUT2D eigenvalue weighted by Crippen LogP contribution is -2.21. The highest BCUT2D eigenvalue weighted by Crippen LogP contribution is 2.24. The summed E-state index contributed by atoms with van der Waals surface area (Å²) in [6.45, 7) is 5.37. The predicted molar refractivity (Wildman–Crippen MR) is 95.3 cm³/mol. The van der Waals surface area contributed by atoms with Gasteiger partial charge in [-0.2, -0.15) is 10.5 Å². The number of ether oxygens (including phenoxy) is 1. The third-order valence-corrected chi connectivity index (χ3v) is 3.24. The van der Waals surface area contributed by atoms with Crippen molar-refractivity contribution in [3.63, 3.8) is 0 Å². The molecule has 0 spiro atoms. The van der Waals surface area contributed by atoms with Gasteiger partial charge >= 0.3 is 0 Å². The monoisotopic (exact) mass is 356 g/mol. The molecule has 7 heteroatoms. The van der Waals surface area contributed by atoms with Crippen LogP contribution in [0.5, 0.6) is 5.75 Å². The summed E-state index contributed by atoms with van der Waals surface area (Å²) >= 11 is 5.71. The van der Waals surface area contributed by atoms with Crippen molar-refractivity contribution in [3.8, 4) is 17.9 Å². The van der Waals surface area contributed by atoms with Crippen molar-refractivity contribution < 1.29 is 9.53 Å². The Morgan fingerprint density at radius 3 is 2.52 bits per heavy atom. The molecule has 2 aromatic rings. The van der Waals surface area contributed by atoms with Crippen molar-refractivity contribution in [1.29, 1.82) is 10.5 Å². The van der Waals surface area contributed by atoms with Gasteiger partial charge in [0.1, 0.15) is 17.6 Å². The fourth-order valence-corrected chi connectivity index (χ4v) is 1.95. The minimum absolute atomic E-state index is 0.237. The van der Waals surface area contributed by atoms with E-state index in [0.29, 0.717) is 22.0 Å². The van der Waals surface area contributed by atoms with Crippen LogP contribution in [0.2, 0.25) is 5.02 Å². The normalized spacial score (nSPS) is 9.04. The number of amides is 1. The topological polar surface area (TPSA) is 98.8 Å². The second-order valence-corrected chi connectivity index (χ2v) is 4.97. The van der Waals surface area contributed by atoms with Gasteiger partial charge in [0.05, 0.1) is 22.2 Å². The van der Waals surface area contributed by atoms with Crippen LogP contribution in [0.3, 0.4) is 0 Å². The number of carbonyl (C=O) groups is 1. The van der Waals surface area contributed by atoms with Crippen molar-refractivity contribution >= 4 is 23.3 Å². The van der Waals surface area contributed by atoms with Gasteiger partial charge in [0.2, 0.25) is 0 Å². The first kappa shape index (κ1) is 20.0. The molecule has 0 atom stereocenters. The zero-order chi connectivity index (χ0) is 18.8. The molecule has 0 aliphatic heterocycles. The van der Waals surface area contributed by atoms with Crippen molar-refractivity contribution in [1.82, 2.24) is 4.98 Å². The average Bonchev–Trinajstić information content (AvgIpc) is 2.63. The summed E-state index contributed by atoms with van der Waals surface area (Å²) in [6.07, 6.45) is 1.41. The van der Waals surface area contributed by atoms with E-state index in [0.717, 1.165) is 0 Å². The molecule has 0 saturated heterocycles. The largest absolute Gasteiger partial charge is 0.482 e. The van der Waals surface area contributed by atoms with Gasteiger partial charge in [-0.3, -0.25) is 4.79 Å². The molecular weight excluding hydrogens is 340 g/mol. The van der Waals surface area contributed by atoms with Crippen LogP contribution < -0.4 is 10.1 Å². The second kappa shape index (κ2) is 9.92. The number of nitrogens with one attached hydrogen (secondary N) is 1. The van der Waals surface area contributed by atoms with Gasteiger partial charge in [-0.05, 0) is 36.8 Å². The number of anilines is 1. The number of aromatic nitrogens is 1. The Hall–Kier alpha value is -3.09. The number of rotatable bonds is 4. The summed E-state index contributed by atoms with van der Waals surface area (Å²) < 4.78 is 5.37. The van der Waals surface area contributed by atoms with E-state index in [1.54, 1.807) is 25.1 Å². The second-order valence-electron chi connectivity index (χ2n) is 4.53. The first-order valence-corrected chi connectivity index (χ1v) is 7.91. The number of nitriles is 2. The molecule has 0 saturated carbocycles. The molecule has 0 aliphatic carbocycles. The molecule has 6 nitrogen and oxygen atoms in total. The number of pyridine rings is 1. The summed E-state index contributed by atoms with van der Waals surface area (Å²) in [5.74, 6) is 0.174. The standard InChI is InChI=1S/C16H11ClN4O2.C2H6/c1-10-11(6-18)2-4-14(13(10)7-19)23-9-16(22)21-15-5-3-12(17)8-20-15;1-2/h2-5,8H,9H2,1H3,(H,20,21,22);1-2H3. The van der Waals surface area contributed by atoms with E-state index in [-0.39, 0.29) is 17.9 Å². The van der Waals surface area contributed by atoms with E-state index in [4.69, 9.17) is 21.6 Å². The quantitative estimate of drug-likeness (QED) is 0.897. The van der Waals surface area contributed by atoms with Crippen LogP contribution >= 0.6 is 11.6 Å². The lowest BCUT2D eigenvalue weighted by atomic mass is 10.0. The van der Waals surface area contributed by atoms with Crippen LogP contribution in [0.4, 0.5) is 5.82 Å². The van der Waals surface area contributed by atoms with Crippen molar-refractivity contribution in [2.75, 3.05) is 11.9 Å². The van der Waals surface area contributed by atoms with Crippen LogP contribution in [0.1, 0.15) is 30.5 Å². The van der Waals surface area contributed by atoms with Crippen LogP contribution in [0.25, 0.3) is 0 Å². The molecule has 1 N–H and O–H groups in total. The smallest absolute Gasteiger partial charge is 0.263 e. The van der Waals surface area contributed by atoms with Gasteiger partial charge in [-0.25, -0.2) is 4.98 Å². The molecule has 0 aliphatic rings. The predicted octanol–water partition coefficient (Wildman–Crippen LogP) is 3.83. The van der Waals surface area contributed by atoms with Crippen LogP contribution in [-0.2, 0) is 4.79 Å². The van der Waals surface area contributed by atoms with Gasteiger partial charge in [-0.1, -0.05) is 25.4 Å². The maximum atomic E-state index is 11.8. The van der Waals surface area contributed by atoms with Crippen molar-refractivity contribution in [3.05, 3.63) is 52.2 Å². The summed E-state index contributed by atoms with van der Waals surface area (Å²) in [5.41, 5.74) is 1.15. The molecular formula is C18H17ClN4O2. The molecule has 0 fully saturated rings. The first-order chi connectivity index (χ1) is 12.0. The highest BCUT2D eigenvalue weighted by molar-refractivity contribution is 6.30. The minimum atomic E-state index is -0.425. The lowest BCUT2D eigenvalue weighted by molar-refractivity contribution is -0.118. The fraction of sp³-hybridized carbons (Fsp3) is 0.222. The average molecular weight is 357 g/mol. The Labute approximate surface area is 151 Å². The Morgan fingerprint density at radius 1 is 1.24 bits per heavy atom. The molecule has 25 heavy (non-hydrogen) atoms. The Balaban J connectivity index is 0.00000151. The summed E-state index contributed by atoms with van der Waals surface area (Å²) in [7, 11) is 0. The van der Waals surface area contributed by atoms with E-state index in [1.165, 1.54) is 12.3 Å². The van der Waals surface area contributed by atoms with Gasteiger partial charge in [0, 0.05) is 6.20 Å². The van der Waals surface area contributed by atoms with E-state index in [2.05, 4.69) is 10.3 Å². The Bertz CT molecular complexity index is 821. The summed E-state index contributed by atoms with van der Waals surface area (Å²) in [4.78, 5) is 15.8. The lowest BCUT2D eigenvalue weighted by Gasteiger charge is -2.10. The third kappa shape index (κ3) is 5.49. The highest BCUT2D eigenvalue weighted by atomic mass is 35.5. The molecule has 1 aromatic heterocycles. The number of halogens is 1. The number of hydrogen-bond acceptors (Lipinski definition) is 5. The molecule has 0 radical (unpaired) electrons. The molecule has 1 heterocycles. The van der Waals surface area contributed by atoms with Gasteiger partial charge in [0.25, 0.3) is 5.91 Å². The van der Waals surface area contributed by atoms with Crippen LogP contribution in [0, 0.1) is 29.6 Å². The minimum Gasteiger partial charge on any atom is -0.482 e. The number of benzene rings is 1. The Kier molecular flexibility index (Phi) is 7.92. The fourth-order valence-electron chi connectivity index (χ4n) is 1.84. The van der Waals surface area contributed by atoms with E-state index in [9.17, 15) is 10.1 Å². The van der Waals surface area contributed by atoms with E-state index < -0.39 is 5.91 Å². The first-order valence-electron chi connectivity index (χ1n) is 7.53. The zero-order valence-electron chi connectivity index (χ0n) is 14.1. The maximum Gasteiger partial charge on any atom is 0.263 e. The molecule has 2 rings (SSSR count). The van der Waals surface area contributed by atoms with Gasteiger partial charge in [0.15, 0.2) is 6.61 Å². The number of nitrogens with zero attached hydrogens (tertiary/aromatic N) is 3.